The second kappa shape index (κ2) is 7.82. The van der Waals surface area contributed by atoms with Crippen LogP contribution in [0.5, 0.6) is 5.88 Å². The fourth-order valence-electron chi connectivity index (χ4n) is 3.06. The average Bonchev–Trinajstić information content (AvgIpc) is 3.04. The van der Waals surface area contributed by atoms with E-state index in [2.05, 4.69) is 25.8 Å². The number of benzene rings is 1. The molecule has 144 valence electrons. The molecule has 0 N–H and O–H groups in total. The van der Waals surface area contributed by atoms with Gasteiger partial charge >= 0.3 is 6.09 Å². The predicted octanol–water partition coefficient (Wildman–Crippen LogP) is 3.99. The zero-order valence-electron chi connectivity index (χ0n) is 16.5. The molecule has 27 heavy (non-hydrogen) atoms. The first-order valence-corrected chi connectivity index (χ1v) is 9.24. The molecule has 0 aliphatic heterocycles. The first-order valence-electron chi connectivity index (χ1n) is 9.24. The number of carbonyl (C=O) groups excluding carboxylic acids is 1. The summed E-state index contributed by atoms with van der Waals surface area (Å²) in [7, 11) is 3.27. The highest BCUT2D eigenvalue weighted by molar-refractivity contribution is 5.80. The third kappa shape index (κ3) is 3.54. The molecule has 0 spiro atoms. The fraction of sp³-hybridized carbons (Fsp3) is 0.450. The van der Waals surface area contributed by atoms with Crippen molar-refractivity contribution in [3.63, 3.8) is 0 Å². The summed E-state index contributed by atoms with van der Waals surface area (Å²) in [5, 5.41) is 0. The second-order valence-electron chi connectivity index (χ2n) is 6.75. The van der Waals surface area contributed by atoms with Crippen molar-refractivity contribution in [2.45, 2.75) is 39.5 Å². The van der Waals surface area contributed by atoms with Crippen LogP contribution in [0.4, 0.5) is 4.79 Å². The number of aromatic nitrogens is 3. The topological polar surface area (TPSA) is 69.0 Å². The van der Waals surface area contributed by atoms with Gasteiger partial charge in [-0.25, -0.2) is 19.2 Å². The normalized spacial score (nSPS) is 12.3. The molecule has 3 rings (SSSR count). The van der Waals surface area contributed by atoms with Crippen LogP contribution in [0, 0.1) is 0 Å². The van der Waals surface area contributed by atoms with E-state index in [4.69, 9.17) is 14.5 Å². The van der Waals surface area contributed by atoms with Gasteiger partial charge in [0.25, 0.3) is 0 Å². The Labute approximate surface area is 158 Å². The van der Waals surface area contributed by atoms with Crippen LogP contribution < -0.4 is 4.74 Å². The second-order valence-corrected chi connectivity index (χ2v) is 6.75. The van der Waals surface area contributed by atoms with Gasteiger partial charge in [-0.15, -0.1) is 0 Å². The van der Waals surface area contributed by atoms with Crippen LogP contribution in [0.15, 0.2) is 24.3 Å². The number of imidazole rings is 1. The molecule has 0 radical (unpaired) electrons. The van der Waals surface area contributed by atoms with Crippen molar-refractivity contribution in [2.24, 2.45) is 0 Å². The van der Waals surface area contributed by atoms with Crippen LogP contribution in [0.3, 0.4) is 0 Å². The molecular formula is C20H26N4O3. The van der Waals surface area contributed by atoms with Gasteiger partial charge in [0.15, 0.2) is 0 Å². The van der Waals surface area contributed by atoms with E-state index in [0.717, 1.165) is 35.1 Å². The maximum Gasteiger partial charge on any atom is 0.412 e. The monoisotopic (exact) mass is 370 g/mol. The summed E-state index contributed by atoms with van der Waals surface area (Å²) >= 11 is 0. The number of amides is 1. The third-order valence-corrected chi connectivity index (χ3v) is 4.71. The minimum absolute atomic E-state index is 0.171. The van der Waals surface area contributed by atoms with E-state index in [1.165, 1.54) is 4.90 Å². The molecule has 3 aromatic rings. The van der Waals surface area contributed by atoms with Crippen molar-refractivity contribution >= 4 is 22.9 Å². The van der Waals surface area contributed by atoms with Crippen molar-refractivity contribution in [1.82, 2.24) is 19.3 Å². The molecule has 1 atom stereocenters. The van der Waals surface area contributed by atoms with E-state index < -0.39 is 6.09 Å². The molecule has 2 heterocycles. The highest BCUT2D eigenvalue weighted by Crippen LogP contribution is 2.32. The number of carbonyl (C=O) groups is 1. The molecule has 0 saturated carbocycles. The maximum absolute atomic E-state index is 11.7. The van der Waals surface area contributed by atoms with Gasteiger partial charge in [0, 0.05) is 19.7 Å². The van der Waals surface area contributed by atoms with E-state index >= 15 is 0 Å². The summed E-state index contributed by atoms with van der Waals surface area (Å²) in [6.45, 7) is 6.19. The molecule has 0 saturated heterocycles. The van der Waals surface area contributed by atoms with Crippen molar-refractivity contribution in [1.29, 1.82) is 0 Å². The summed E-state index contributed by atoms with van der Waals surface area (Å²) in [5.41, 5.74) is 3.76. The standard InChI is InChI=1S/C20H26N4O3/c1-6-13(3)17-14(7-2)18(26-12-27-20(25)23(4)5)24-16-11-9-8-10-15(16)21-19(24)22-17/h8-11,13H,6-7,12H2,1-5H3. The minimum atomic E-state index is -0.448. The highest BCUT2D eigenvalue weighted by Gasteiger charge is 2.21. The number of para-hydroxylation sites is 2. The van der Waals surface area contributed by atoms with Gasteiger partial charge in [-0.05, 0) is 30.9 Å². The van der Waals surface area contributed by atoms with Crippen molar-refractivity contribution < 1.29 is 14.3 Å². The lowest BCUT2D eigenvalue weighted by atomic mass is 9.99. The van der Waals surface area contributed by atoms with Gasteiger partial charge in [-0.1, -0.05) is 32.9 Å². The number of hydrogen-bond donors (Lipinski definition) is 0. The van der Waals surface area contributed by atoms with Crippen molar-refractivity contribution in [3.8, 4) is 5.88 Å². The number of fused-ring (bicyclic) bond motifs is 3. The SMILES string of the molecule is CCc1c(C(C)CC)nc2nc3ccccc3n2c1OCOC(=O)N(C)C. The fourth-order valence-corrected chi connectivity index (χ4v) is 3.06. The van der Waals surface area contributed by atoms with Gasteiger partial charge in [-0.2, -0.15) is 0 Å². The molecule has 7 nitrogen and oxygen atoms in total. The Hall–Kier alpha value is -2.83. The zero-order valence-corrected chi connectivity index (χ0v) is 16.5. The molecule has 1 aromatic carbocycles. The lowest BCUT2D eigenvalue weighted by Crippen LogP contribution is -2.25. The quantitative estimate of drug-likeness (QED) is 0.614. The van der Waals surface area contributed by atoms with E-state index in [9.17, 15) is 4.79 Å². The first-order chi connectivity index (χ1) is 13.0. The maximum atomic E-state index is 11.7. The van der Waals surface area contributed by atoms with Gasteiger partial charge in [0.2, 0.25) is 18.5 Å². The highest BCUT2D eigenvalue weighted by atomic mass is 16.7. The Morgan fingerprint density at radius 2 is 1.96 bits per heavy atom. The summed E-state index contributed by atoms with van der Waals surface area (Å²) in [6.07, 6.45) is 1.27. The lowest BCUT2D eigenvalue weighted by molar-refractivity contribution is 0.0398. The molecule has 1 unspecified atom stereocenters. The van der Waals surface area contributed by atoms with Crippen molar-refractivity contribution in [3.05, 3.63) is 35.5 Å². The van der Waals surface area contributed by atoms with E-state index in [0.29, 0.717) is 11.7 Å². The molecule has 7 heteroatoms. The van der Waals surface area contributed by atoms with Crippen molar-refractivity contribution in [2.75, 3.05) is 20.9 Å². The zero-order chi connectivity index (χ0) is 19.6. The number of hydrogen-bond acceptors (Lipinski definition) is 5. The largest absolute Gasteiger partial charge is 0.441 e. The smallest absolute Gasteiger partial charge is 0.412 e. The van der Waals surface area contributed by atoms with E-state index in [1.807, 2.05) is 28.7 Å². The van der Waals surface area contributed by atoms with Gasteiger partial charge < -0.3 is 14.4 Å². The summed E-state index contributed by atoms with van der Waals surface area (Å²) < 4.78 is 13.1. The summed E-state index contributed by atoms with van der Waals surface area (Å²) in [4.78, 5) is 22.6. The molecule has 0 aliphatic rings. The Balaban J connectivity index is 2.15. The molecule has 0 bridgehead atoms. The minimum Gasteiger partial charge on any atom is -0.441 e. The van der Waals surface area contributed by atoms with Crippen LogP contribution in [-0.4, -0.2) is 46.3 Å². The third-order valence-electron chi connectivity index (χ3n) is 4.71. The molecule has 2 aromatic heterocycles. The van der Waals surface area contributed by atoms with Crippen LogP contribution in [0.1, 0.15) is 44.4 Å². The lowest BCUT2D eigenvalue weighted by Gasteiger charge is -2.19. The number of ether oxygens (including phenoxy) is 2. The molecular weight excluding hydrogens is 344 g/mol. The van der Waals surface area contributed by atoms with Crippen LogP contribution >= 0.6 is 0 Å². The Morgan fingerprint density at radius 3 is 2.63 bits per heavy atom. The van der Waals surface area contributed by atoms with Gasteiger partial charge in [0.1, 0.15) is 0 Å². The Bertz CT molecular complexity index is 965. The molecule has 0 fully saturated rings. The van der Waals surface area contributed by atoms with Crippen LogP contribution in [0.2, 0.25) is 0 Å². The summed E-state index contributed by atoms with van der Waals surface area (Å²) in [6, 6.07) is 7.84. The summed E-state index contributed by atoms with van der Waals surface area (Å²) in [5.74, 6) is 1.51. The number of nitrogens with zero attached hydrogens (tertiary/aromatic N) is 4. The van der Waals surface area contributed by atoms with Gasteiger partial charge in [-0.3, -0.25) is 0 Å². The first kappa shape index (κ1) is 18.9. The van der Waals surface area contributed by atoms with Crippen LogP contribution in [-0.2, 0) is 11.2 Å². The number of rotatable bonds is 6. The van der Waals surface area contributed by atoms with Gasteiger partial charge in [0.05, 0.1) is 16.7 Å². The molecule has 0 aliphatic carbocycles. The predicted molar refractivity (Wildman–Crippen MR) is 104 cm³/mol. The average molecular weight is 370 g/mol. The van der Waals surface area contributed by atoms with Crippen LogP contribution in [0.25, 0.3) is 16.8 Å². The Morgan fingerprint density at radius 1 is 1.22 bits per heavy atom. The van der Waals surface area contributed by atoms with E-state index in [1.54, 1.807) is 14.1 Å². The van der Waals surface area contributed by atoms with E-state index in [-0.39, 0.29) is 12.7 Å². The molecule has 1 amide bonds. The Kier molecular flexibility index (Phi) is 5.48.